The highest BCUT2D eigenvalue weighted by atomic mass is 16.4. The summed E-state index contributed by atoms with van der Waals surface area (Å²) < 4.78 is 2.55. The predicted octanol–water partition coefficient (Wildman–Crippen LogP) is 0.121. The Bertz CT molecular complexity index is 914. The molecule has 9 heteroatoms. The van der Waals surface area contributed by atoms with Gasteiger partial charge in [-0.2, -0.15) is 9.78 Å². The first-order valence-corrected chi connectivity index (χ1v) is 6.20. The van der Waals surface area contributed by atoms with Crippen LogP contribution in [0, 0.1) is 0 Å². The predicted molar refractivity (Wildman–Crippen MR) is 74.6 cm³/mol. The maximum Gasteiger partial charge on any atom is 0.356 e. The van der Waals surface area contributed by atoms with Gasteiger partial charge in [0.2, 0.25) is 0 Å². The Morgan fingerprint density at radius 1 is 1.23 bits per heavy atom. The van der Waals surface area contributed by atoms with Crippen molar-refractivity contribution in [1.29, 1.82) is 0 Å². The molecule has 0 saturated heterocycles. The van der Waals surface area contributed by atoms with Crippen molar-refractivity contribution in [1.82, 2.24) is 29.8 Å². The highest BCUT2D eigenvalue weighted by Crippen LogP contribution is 2.18. The first-order chi connectivity index (χ1) is 10.6. The van der Waals surface area contributed by atoms with E-state index < -0.39 is 11.5 Å². The van der Waals surface area contributed by atoms with Gasteiger partial charge in [-0.05, 0) is 12.1 Å². The maximum atomic E-state index is 11.9. The summed E-state index contributed by atoms with van der Waals surface area (Å²) in [7, 11) is 1.73. The van der Waals surface area contributed by atoms with Crippen LogP contribution >= 0.6 is 0 Å². The zero-order valence-electron chi connectivity index (χ0n) is 11.4. The van der Waals surface area contributed by atoms with Gasteiger partial charge in [-0.25, -0.2) is 9.48 Å². The molecule has 0 amide bonds. The molecule has 3 rings (SSSR count). The van der Waals surface area contributed by atoms with E-state index in [1.54, 1.807) is 30.2 Å². The van der Waals surface area contributed by atoms with E-state index in [9.17, 15) is 9.59 Å². The third-order valence-corrected chi connectivity index (χ3v) is 3.00. The lowest BCUT2D eigenvalue weighted by Crippen LogP contribution is -2.22. The highest BCUT2D eigenvalue weighted by molar-refractivity contribution is 5.84. The van der Waals surface area contributed by atoms with E-state index in [0.717, 1.165) is 16.8 Å². The largest absolute Gasteiger partial charge is 0.476 e. The molecule has 0 fully saturated rings. The molecule has 0 bridgehead atoms. The minimum absolute atomic E-state index is 0.229. The minimum atomic E-state index is -1.21. The van der Waals surface area contributed by atoms with Crippen molar-refractivity contribution < 1.29 is 9.90 Å². The minimum Gasteiger partial charge on any atom is -0.476 e. The van der Waals surface area contributed by atoms with E-state index in [4.69, 9.17) is 5.11 Å². The van der Waals surface area contributed by atoms with E-state index in [1.807, 2.05) is 0 Å². The molecule has 0 aliphatic carbocycles. The molecule has 0 aliphatic heterocycles. The van der Waals surface area contributed by atoms with Crippen LogP contribution < -0.4 is 5.56 Å². The molecule has 0 unspecified atom stereocenters. The normalized spacial score (nSPS) is 10.6. The molecule has 3 aromatic heterocycles. The number of aryl methyl sites for hydroxylation is 1. The summed E-state index contributed by atoms with van der Waals surface area (Å²) in [5.74, 6) is -1.21. The number of carboxylic acid groups (broad SMARTS) is 1. The fraction of sp³-hybridized carbons (Fsp3) is 0.0769. The number of carbonyl (C=O) groups is 1. The van der Waals surface area contributed by atoms with Crippen molar-refractivity contribution in [3.63, 3.8) is 0 Å². The van der Waals surface area contributed by atoms with Crippen molar-refractivity contribution in [2.45, 2.75) is 0 Å². The van der Waals surface area contributed by atoms with Gasteiger partial charge in [-0.1, -0.05) is 5.21 Å². The van der Waals surface area contributed by atoms with Crippen LogP contribution in [0.2, 0.25) is 0 Å². The van der Waals surface area contributed by atoms with Gasteiger partial charge in [0.15, 0.2) is 5.69 Å². The first-order valence-electron chi connectivity index (χ1n) is 6.20. The molecule has 0 atom stereocenters. The van der Waals surface area contributed by atoms with Gasteiger partial charge >= 0.3 is 5.97 Å². The SMILES string of the molecule is Cn1nncc1-c1cncc(-n2nc(C(=O)O)ccc2=O)c1. The van der Waals surface area contributed by atoms with Crippen LogP contribution in [0.4, 0.5) is 0 Å². The topological polar surface area (TPSA) is 116 Å². The Morgan fingerprint density at radius 3 is 2.73 bits per heavy atom. The van der Waals surface area contributed by atoms with Gasteiger partial charge < -0.3 is 5.11 Å². The second kappa shape index (κ2) is 5.20. The molecule has 9 nitrogen and oxygen atoms in total. The average Bonchev–Trinajstić information content (AvgIpc) is 2.94. The number of aromatic nitrogens is 6. The molecule has 1 N–H and O–H groups in total. The second-order valence-electron chi connectivity index (χ2n) is 4.45. The van der Waals surface area contributed by atoms with Crippen LogP contribution in [0.3, 0.4) is 0 Å². The zero-order valence-corrected chi connectivity index (χ0v) is 11.4. The Hall–Kier alpha value is -3.36. The van der Waals surface area contributed by atoms with Crippen molar-refractivity contribution in [2.24, 2.45) is 7.05 Å². The smallest absolute Gasteiger partial charge is 0.356 e. The molecule has 0 saturated carbocycles. The molecule has 3 aromatic rings. The third kappa shape index (κ3) is 2.35. The van der Waals surface area contributed by atoms with Crippen LogP contribution in [-0.4, -0.2) is 40.8 Å². The monoisotopic (exact) mass is 298 g/mol. The number of hydrogen-bond donors (Lipinski definition) is 1. The second-order valence-corrected chi connectivity index (χ2v) is 4.45. The first kappa shape index (κ1) is 13.6. The number of rotatable bonds is 3. The molecule has 3 heterocycles. The number of carboxylic acids is 1. The Labute approximate surface area is 123 Å². The Kier molecular flexibility index (Phi) is 3.22. The summed E-state index contributed by atoms with van der Waals surface area (Å²) in [6, 6.07) is 3.96. The van der Waals surface area contributed by atoms with Gasteiger partial charge in [-0.3, -0.25) is 9.78 Å². The Balaban J connectivity index is 2.14. The van der Waals surface area contributed by atoms with E-state index in [-0.39, 0.29) is 5.69 Å². The summed E-state index contributed by atoms with van der Waals surface area (Å²) in [5.41, 5.74) is 1.06. The van der Waals surface area contributed by atoms with Gasteiger partial charge in [0.25, 0.3) is 5.56 Å². The van der Waals surface area contributed by atoms with E-state index >= 15 is 0 Å². The zero-order chi connectivity index (χ0) is 15.7. The third-order valence-electron chi connectivity index (χ3n) is 3.00. The number of aromatic carboxylic acids is 1. The quantitative estimate of drug-likeness (QED) is 0.730. The van der Waals surface area contributed by atoms with Crippen LogP contribution in [0.5, 0.6) is 0 Å². The van der Waals surface area contributed by atoms with Crippen LogP contribution in [0.25, 0.3) is 16.9 Å². The molecule has 22 heavy (non-hydrogen) atoms. The van der Waals surface area contributed by atoms with E-state index in [0.29, 0.717) is 16.9 Å². The highest BCUT2D eigenvalue weighted by Gasteiger charge is 2.11. The molecule has 0 spiro atoms. The molecule has 0 radical (unpaired) electrons. The molecular weight excluding hydrogens is 288 g/mol. The standard InChI is InChI=1S/C13H10N6O3/c1-18-11(7-15-17-18)8-4-9(6-14-5-8)19-12(20)3-2-10(16-19)13(21)22/h2-7H,1H3,(H,21,22). The molecule has 0 aromatic carbocycles. The molecule has 0 aliphatic rings. The molecular formula is C13H10N6O3. The van der Waals surface area contributed by atoms with Crippen molar-refractivity contribution >= 4 is 5.97 Å². The summed E-state index contributed by atoms with van der Waals surface area (Å²) >= 11 is 0. The summed E-state index contributed by atoms with van der Waals surface area (Å²) in [6.45, 7) is 0. The summed E-state index contributed by atoms with van der Waals surface area (Å²) in [5, 5.41) is 20.4. The number of hydrogen-bond acceptors (Lipinski definition) is 6. The van der Waals surface area contributed by atoms with Crippen molar-refractivity contribution in [3.8, 4) is 16.9 Å². The summed E-state index contributed by atoms with van der Waals surface area (Å²) in [6.07, 6.45) is 4.58. The lowest BCUT2D eigenvalue weighted by Gasteiger charge is -2.07. The van der Waals surface area contributed by atoms with Crippen molar-refractivity contribution in [3.05, 3.63) is 52.8 Å². The van der Waals surface area contributed by atoms with Gasteiger partial charge in [0.1, 0.15) is 0 Å². The van der Waals surface area contributed by atoms with Crippen LogP contribution in [-0.2, 0) is 7.05 Å². The lowest BCUT2D eigenvalue weighted by atomic mass is 10.2. The lowest BCUT2D eigenvalue weighted by molar-refractivity contribution is 0.0688. The van der Waals surface area contributed by atoms with Crippen LogP contribution in [0.1, 0.15) is 10.5 Å². The van der Waals surface area contributed by atoms with Gasteiger partial charge in [0, 0.05) is 24.9 Å². The van der Waals surface area contributed by atoms with Crippen LogP contribution in [0.15, 0.2) is 41.6 Å². The van der Waals surface area contributed by atoms with Gasteiger partial charge in [0.05, 0.1) is 23.8 Å². The summed E-state index contributed by atoms with van der Waals surface area (Å²) in [4.78, 5) is 26.9. The Morgan fingerprint density at radius 2 is 2.05 bits per heavy atom. The van der Waals surface area contributed by atoms with Gasteiger partial charge in [-0.15, -0.1) is 5.10 Å². The fourth-order valence-corrected chi connectivity index (χ4v) is 1.94. The number of nitrogens with zero attached hydrogens (tertiary/aromatic N) is 6. The van der Waals surface area contributed by atoms with E-state index in [2.05, 4.69) is 20.4 Å². The maximum absolute atomic E-state index is 11.9. The fourth-order valence-electron chi connectivity index (χ4n) is 1.94. The van der Waals surface area contributed by atoms with E-state index in [1.165, 1.54) is 6.20 Å². The number of pyridine rings is 1. The average molecular weight is 298 g/mol. The van der Waals surface area contributed by atoms with Crippen molar-refractivity contribution in [2.75, 3.05) is 0 Å². The molecule has 110 valence electrons.